The molecule has 2 aromatic rings. The molecule has 1 aliphatic rings. The van der Waals surface area contributed by atoms with E-state index < -0.39 is 6.36 Å². The van der Waals surface area contributed by atoms with Gasteiger partial charge >= 0.3 is 6.36 Å². The lowest BCUT2D eigenvalue weighted by Crippen LogP contribution is -2.17. The van der Waals surface area contributed by atoms with E-state index in [1.165, 1.54) is 24.3 Å². The van der Waals surface area contributed by atoms with Crippen LogP contribution in [0.3, 0.4) is 0 Å². The first-order valence-electron chi connectivity index (χ1n) is 6.98. The first kappa shape index (κ1) is 15.3. The summed E-state index contributed by atoms with van der Waals surface area (Å²) in [6.45, 7) is 1.59. The monoisotopic (exact) mass is 325 g/mol. The molecule has 122 valence electrons. The fraction of sp³-hybridized carbons (Fsp3) is 0.250. The van der Waals surface area contributed by atoms with Crippen LogP contribution < -0.4 is 19.5 Å². The van der Waals surface area contributed by atoms with Crippen LogP contribution in [-0.4, -0.2) is 19.5 Å². The van der Waals surface area contributed by atoms with Gasteiger partial charge in [-0.15, -0.1) is 13.2 Å². The number of benzene rings is 2. The van der Waals surface area contributed by atoms with E-state index in [4.69, 9.17) is 9.47 Å². The largest absolute Gasteiger partial charge is 0.573 e. The summed E-state index contributed by atoms with van der Waals surface area (Å²) < 4.78 is 51.2. The standard InChI is InChI=1S/C16H14F3NO3/c17-16(18,19)23-12-3-1-11(2-4-12)10-22-13-5-6-14-15(9-13)21-8-7-20-14/h1-6,9,20H,7-8,10H2. The number of alkyl halides is 3. The Labute approximate surface area is 130 Å². The smallest absolute Gasteiger partial charge is 0.489 e. The van der Waals surface area contributed by atoms with E-state index in [1.807, 2.05) is 12.1 Å². The number of rotatable bonds is 4. The number of nitrogens with one attached hydrogen (secondary N) is 1. The van der Waals surface area contributed by atoms with E-state index in [9.17, 15) is 13.2 Å². The Hall–Kier alpha value is -2.57. The number of fused-ring (bicyclic) bond motifs is 1. The van der Waals surface area contributed by atoms with Crippen LogP contribution >= 0.6 is 0 Å². The fourth-order valence-electron chi connectivity index (χ4n) is 2.16. The van der Waals surface area contributed by atoms with Crippen molar-refractivity contribution in [2.75, 3.05) is 18.5 Å². The van der Waals surface area contributed by atoms with Crippen LogP contribution in [0.15, 0.2) is 42.5 Å². The van der Waals surface area contributed by atoms with Crippen LogP contribution in [0.4, 0.5) is 18.9 Å². The van der Waals surface area contributed by atoms with Crippen LogP contribution in [0.2, 0.25) is 0 Å². The van der Waals surface area contributed by atoms with Crippen molar-refractivity contribution in [2.45, 2.75) is 13.0 Å². The van der Waals surface area contributed by atoms with Crippen molar-refractivity contribution in [1.82, 2.24) is 0 Å². The zero-order valence-corrected chi connectivity index (χ0v) is 12.0. The molecule has 0 aliphatic carbocycles. The van der Waals surface area contributed by atoms with Crippen molar-refractivity contribution in [3.8, 4) is 17.2 Å². The van der Waals surface area contributed by atoms with Gasteiger partial charge < -0.3 is 19.5 Å². The average molecular weight is 325 g/mol. The van der Waals surface area contributed by atoms with Crippen LogP contribution in [0.1, 0.15) is 5.56 Å². The van der Waals surface area contributed by atoms with Gasteiger partial charge in [-0.05, 0) is 29.8 Å². The molecule has 2 aromatic carbocycles. The van der Waals surface area contributed by atoms with Gasteiger partial charge in [0.25, 0.3) is 0 Å². The Balaban J connectivity index is 1.60. The lowest BCUT2D eigenvalue weighted by Gasteiger charge is -2.19. The Morgan fingerprint density at radius 2 is 1.78 bits per heavy atom. The number of halogens is 3. The summed E-state index contributed by atoms with van der Waals surface area (Å²) in [6, 6.07) is 11.0. The van der Waals surface area contributed by atoms with Gasteiger partial charge in [-0.3, -0.25) is 0 Å². The second-order valence-electron chi connectivity index (χ2n) is 4.91. The van der Waals surface area contributed by atoms with Crippen molar-refractivity contribution in [3.63, 3.8) is 0 Å². The maximum atomic E-state index is 12.1. The molecule has 0 amide bonds. The highest BCUT2D eigenvalue weighted by atomic mass is 19.4. The van der Waals surface area contributed by atoms with E-state index in [0.29, 0.717) is 12.4 Å². The summed E-state index contributed by atoms with van der Waals surface area (Å²) >= 11 is 0. The van der Waals surface area contributed by atoms with Gasteiger partial charge in [0.2, 0.25) is 0 Å². The van der Waals surface area contributed by atoms with Gasteiger partial charge in [-0.25, -0.2) is 0 Å². The van der Waals surface area contributed by atoms with Gasteiger partial charge in [0, 0.05) is 12.6 Å². The maximum Gasteiger partial charge on any atom is 0.573 e. The highest BCUT2D eigenvalue weighted by Gasteiger charge is 2.30. The number of hydrogen-bond donors (Lipinski definition) is 1. The van der Waals surface area contributed by atoms with Crippen LogP contribution in [0, 0.1) is 0 Å². The Bertz CT molecular complexity index is 671. The third kappa shape index (κ3) is 4.21. The molecular formula is C16H14F3NO3. The number of ether oxygens (including phenoxy) is 3. The summed E-state index contributed by atoms with van der Waals surface area (Å²) in [5.41, 5.74) is 1.65. The zero-order valence-electron chi connectivity index (χ0n) is 12.0. The second-order valence-corrected chi connectivity index (χ2v) is 4.91. The van der Waals surface area contributed by atoms with Crippen LogP contribution in [-0.2, 0) is 6.61 Å². The molecule has 3 rings (SSSR count). The molecule has 1 N–H and O–H groups in total. The SMILES string of the molecule is FC(F)(F)Oc1ccc(COc2ccc3c(c2)OCCN3)cc1. The van der Waals surface area contributed by atoms with Gasteiger partial charge in [0.05, 0.1) is 5.69 Å². The van der Waals surface area contributed by atoms with Crippen molar-refractivity contribution >= 4 is 5.69 Å². The summed E-state index contributed by atoms with van der Waals surface area (Å²) in [6.07, 6.45) is -4.69. The third-order valence-corrected chi connectivity index (χ3v) is 3.19. The molecule has 7 heteroatoms. The predicted octanol–water partition coefficient (Wildman–Crippen LogP) is 3.97. The van der Waals surface area contributed by atoms with E-state index >= 15 is 0 Å². The molecule has 0 radical (unpaired) electrons. The quantitative estimate of drug-likeness (QED) is 0.923. The van der Waals surface area contributed by atoms with E-state index in [2.05, 4.69) is 10.1 Å². The van der Waals surface area contributed by atoms with Crippen molar-refractivity contribution in [1.29, 1.82) is 0 Å². The molecule has 23 heavy (non-hydrogen) atoms. The summed E-state index contributed by atoms with van der Waals surface area (Å²) in [5, 5.41) is 3.20. The minimum atomic E-state index is -4.69. The van der Waals surface area contributed by atoms with E-state index in [-0.39, 0.29) is 12.4 Å². The molecule has 0 atom stereocenters. The first-order chi connectivity index (χ1) is 11.0. The molecule has 0 bridgehead atoms. The van der Waals surface area contributed by atoms with Crippen LogP contribution in [0.25, 0.3) is 0 Å². The molecule has 1 aliphatic heterocycles. The van der Waals surface area contributed by atoms with Gasteiger partial charge in [-0.2, -0.15) is 0 Å². The van der Waals surface area contributed by atoms with Gasteiger partial charge in [-0.1, -0.05) is 12.1 Å². The van der Waals surface area contributed by atoms with E-state index in [1.54, 1.807) is 6.07 Å². The normalized spacial score (nSPS) is 13.5. The first-order valence-corrected chi connectivity index (χ1v) is 6.98. The topological polar surface area (TPSA) is 39.7 Å². The lowest BCUT2D eigenvalue weighted by molar-refractivity contribution is -0.274. The second kappa shape index (κ2) is 6.28. The van der Waals surface area contributed by atoms with Crippen molar-refractivity contribution in [3.05, 3.63) is 48.0 Å². The fourth-order valence-corrected chi connectivity index (χ4v) is 2.16. The summed E-state index contributed by atoms with van der Waals surface area (Å²) in [7, 11) is 0. The van der Waals surface area contributed by atoms with Gasteiger partial charge in [0.1, 0.15) is 30.5 Å². The van der Waals surface area contributed by atoms with Crippen LogP contribution in [0.5, 0.6) is 17.2 Å². The Morgan fingerprint density at radius 3 is 2.52 bits per heavy atom. The van der Waals surface area contributed by atoms with Crippen molar-refractivity contribution < 1.29 is 27.4 Å². The Morgan fingerprint density at radius 1 is 1.04 bits per heavy atom. The van der Waals surface area contributed by atoms with Crippen molar-refractivity contribution in [2.24, 2.45) is 0 Å². The Kier molecular flexibility index (Phi) is 4.18. The molecule has 0 saturated heterocycles. The predicted molar refractivity (Wildman–Crippen MR) is 77.9 cm³/mol. The molecule has 0 unspecified atom stereocenters. The van der Waals surface area contributed by atoms with Gasteiger partial charge in [0.15, 0.2) is 0 Å². The minimum absolute atomic E-state index is 0.235. The molecule has 4 nitrogen and oxygen atoms in total. The van der Waals surface area contributed by atoms with E-state index in [0.717, 1.165) is 23.5 Å². The third-order valence-electron chi connectivity index (χ3n) is 3.19. The molecular weight excluding hydrogens is 311 g/mol. The minimum Gasteiger partial charge on any atom is -0.489 e. The summed E-state index contributed by atoms with van der Waals surface area (Å²) in [5.74, 6) is 1.10. The molecule has 1 heterocycles. The number of hydrogen-bond acceptors (Lipinski definition) is 4. The zero-order chi connectivity index (χ0) is 16.3. The molecule has 0 fully saturated rings. The highest BCUT2D eigenvalue weighted by Crippen LogP contribution is 2.31. The average Bonchev–Trinajstić information content (AvgIpc) is 2.52. The highest BCUT2D eigenvalue weighted by molar-refractivity contribution is 5.60. The number of anilines is 1. The maximum absolute atomic E-state index is 12.1. The molecule has 0 saturated carbocycles. The lowest BCUT2D eigenvalue weighted by atomic mass is 10.2. The molecule has 0 spiro atoms. The molecule has 0 aromatic heterocycles. The summed E-state index contributed by atoms with van der Waals surface area (Å²) in [4.78, 5) is 0.